The smallest absolute Gasteiger partial charge is 0.118 e. The zero-order valence-electron chi connectivity index (χ0n) is 11.0. The lowest BCUT2D eigenvalue weighted by Gasteiger charge is -2.20. The van der Waals surface area contributed by atoms with Gasteiger partial charge in [0.25, 0.3) is 0 Å². The van der Waals surface area contributed by atoms with E-state index in [9.17, 15) is 0 Å². The van der Waals surface area contributed by atoms with E-state index in [0.29, 0.717) is 0 Å². The first-order chi connectivity index (χ1) is 8.83. The van der Waals surface area contributed by atoms with E-state index in [0.717, 1.165) is 12.2 Å². The molecule has 98 valence electrons. The molecule has 0 bridgehead atoms. The molecule has 18 heavy (non-hydrogen) atoms. The maximum Gasteiger partial charge on any atom is 0.118 e. The van der Waals surface area contributed by atoms with Crippen LogP contribution in [-0.2, 0) is 0 Å². The molecular weight excluding hydrogens is 224 g/mol. The number of benzene rings is 1. The van der Waals surface area contributed by atoms with Gasteiger partial charge >= 0.3 is 0 Å². The minimum absolute atomic E-state index is 0.195. The standard InChI is InChI=1S/C15H22N2O/c1-18-14-9-7-13(8-10-14)15(17-16)11-12-5-3-2-4-6-12/h5,7-10,15,17H,2-4,6,11,16H2,1H3. The van der Waals surface area contributed by atoms with Gasteiger partial charge in [0.15, 0.2) is 0 Å². The first-order valence-corrected chi connectivity index (χ1v) is 6.61. The van der Waals surface area contributed by atoms with Crippen LogP contribution in [0.15, 0.2) is 35.9 Å². The van der Waals surface area contributed by atoms with Crippen LogP contribution in [0.5, 0.6) is 5.75 Å². The normalized spacial score (nSPS) is 17.1. The van der Waals surface area contributed by atoms with Crippen molar-refractivity contribution in [2.45, 2.75) is 38.1 Å². The number of ether oxygens (including phenoxy) is 1. The zero-order chi connectivity index (χ0) is 12.8. The lowest BCUT2D eigenvalue weighted by atomic mass is 9.92. The van der Waals surface area contributed by atoms with E-state index in [4.69, 9.17) is 10.6 Å². The monoisotopic (exact) mass is 246 g/mol. The van der Waals surface area contributed by atoms with Crippen molar-refractivity contribution in [3.05, 3.63) is 41.5 Å². The van der Waals surface area contributed by atoms with E-state index in [1.54, 1.807) is 7.11 Å². The number of hydrogen-bond donors (Lipinski definition) is 2. The molecule has 0 radical (unpaired) electrons. The second-order valence-corrected chi connectivity index (χ2v) is 4.80. The Kier molecular flexibility index (Phi) is 4.79. The molecule has 1 aromatic rings. The van der Waals surface area contributed by atoms with Crippen molar-refractivity contribution < 1.29 is 4.74 Å². The molecule has 0 heterocycles. The van der Waals surface area contributed by atoms with Gasteiger partial charge in [-0.2, -0.15) is 0 Å². The number of nitrogens with two attached hydrogens (primary N) is 1. The van der Waals surface area contributed by atoms with Gasteiger partial charge in [-0.25, -0.2) is 0 Å². The Hall–Kier alpha value is -1.32. The molecule has 1 atom stereocenters. The number of allylic oxidation sites excluding steroid dienone is 1. The van der Waals surface area contributed by atoms with Crippen molar-refractivity contribution >= 4 is 0 Å². The Morgan fingerprint density at radius 3 is 2.61 bits per heavy atom. The topological polar surface area (TPSA) is 47.3 Å². The Labute approximate surface area is 109 Å². The summed E-state index contributed by atoms with van der Waals surface area (Å²) < 4.78 is 5.17. The summed E-state index contributed by atoms with van der Waals surface area (Å²) in [6.45, 7) is 0. The van der Waals surface area contributed by atoms with E-state index in [1.165, 1.54) is 36.8 Å². The zero-order valence-corrected chi connectivity index (χ0v) is 11.0. The highest BCUT2D eigenvalue weighted by molar-refractivity contribution is 5.30. The molecule has 0 aliphatic heterocycles. The molecule has 0 saturated carbocycles. The summed E-state index contributed by atoms with van der Waals surface area (Å²) in [5, 5.41) is 0. The van der Waals surface area contributed by atoms with E-state index < -0.39 is 0 Å². The summed E-state index contributed by atoms with van der Waals surface area (Å²) in [6.07, 6.45) is 8.45. The third-order valence-corrected chi connectivity index (χ3v) is 3.57. The maximum absolute atomic E-state index is 5.68. The summed E-state index contributed by atoms with van der Waals surface area (Å²) in [4.78, 5) is 0. The van der Waals surface area contributed by atoms with Crippen molar-refractivity contribution in [2.75, 3.05) is 7.11 Å². The van der Waals surface area contributed by atoms with Crippen molar-refractivity contribution in [1.82, 2.24) is 5.43 Å². The van der Waals surface area contributed by atoms with Crippen LogP contribution in [-0.4, -0.2) is 7.11 Å². The highest BCUT2D eigenvalue weighted by Crippen LogP contribution is 2.28. The molecular formula is C15H22N2O. The van der Waals surface area contributed by atoms with Crippen LogP contribution < -0.4 is 16.0 Å². The van der Waals surface area contributed by atoms with Gasteiger partial charge in [-0.05, 0) is 49.8 Å². The van der Waals surface area contributed by atoms with Crippen LogP contribution in [0.4, 0.5) is 0 Å². The van der Waals surface area contributed by atoms with Gasteiger partial charge in [0.05, 0.1) is 7.11 Å². The van der Waals surface area contributed by atoms with E-state index in [-0.39, 0.29) is 6.04 Å². The number of nitrogens with one attached hydrogen (secondary N) is 1. The molecule has 1 unspecified atom stereocenters. The number of rotatable bonds is 5. The maximum atomic E-state index is 5.68. The third kappa shape index (κ3) is 3.34. The van der Waals surface area contributed by atoms with Crippen LogP contribution in [0.3, 0.4) is 0 Å². The van der Waals surface area contributed by atoms with Crippen LogP contribution >= 0.6 is 0 Å². The molecule has 0 fully saturated rings. The summed E-state index contributed by atoms with van der Waals surface area (Å²) in [5.74, 6) is 6.56. The highest BCUT2D eigenvalue weighted by Gasteiger charge is 2.13. The number of hydrogen-bond acceptors (Lipinski definition) is 3. The minimum atomic E-state index is 0.195. The molecule has 3 nitrogen and oxygen atoms in total. The van der Waals surface area contributed by atoms with E-state index in [1.807, 2.05) is 12.1 Å². The first kappa shape index (κ1) is 13.1. The summed E-state index contributed by atoms with van der Waals surface area (Å²) in [7, 11) is 1.68. The first-order valence-electron chi connectivity index (χ1n) is 6.61. The predicted molar refractivity (Wildman–Crippen MR) is 74.2 cm³/mol. The van der Waals surface area contributed by atoms with Gasteiger partial charge in [-0.1, -0.05) is 23.8 Å². The van der Waals surface area contributed by atoms with Gasteiger partial charge in [0.1, 0.15) is 5.75 Å². The summed E-state index contributed by atoms with van der Waals surface area (Å²) >= 11 is 0. The fourth-order valence-electron chi connectivity index (χ4n) is 2.46. The third-order valence-electron chi connectivity index (χ3n) is 3.57. The SMILES string of the molecule is COc1ccc(C(CC2=CCCCC2)NN)cc1. The number of hydrazine groups is 1. The second-order valence-electron chi connectivity index (χ2n) is 4.80. The summed E-state index contributed by atoms with van der Waals surface area (Å²) in [6, 6.07) is 8.31. The molecule has 1 aromatic carbocycles. The van der Waals surface area contributed by atoms with Crippen LogP contribution in [0.2, 0.25) is 0 Å². The second kappa shape index (κ2) is 6.57. The van der Waals surface area contributed by atoms with Crippen molar-refractivity contribution in [3.63, 3.8) is 0 Å². The quantitative estimate of drug-likeness (QED) is 0.477. The minimum Gasteiger partial charge on any atom is -0.497 e. The molecule has 1 aliphatic rings. The molecule has 3 heteroatoms. The fraction of sp³-hybridized carbons (Fsp3) is 0.467. The molecule has 0 saturated heterocycles. The van der Waals surface area contributed by atoms with Gasteiger partial charge in [0, 0.05) is 6.04 Å². The summed E-state index contributed by atoms with van der Waals surface area (Å²) in [5.41, 5.74) is 5.66. The van der Waals surface area contributed by atoms with Crippen molar-refractivity contribution in [1.29, 1.82) is 0 Å². The fourth-order valence-corrected chi connectivity index (χ4v) is 2.46. The number of methoxy groups -OCH3 is 1. The van der Waals surface area contributed by atoms with Crippen molar-refractivity contribution in [2.24, 2.45) is 5.84 Å². The highest BCUT2D eigenvalue weighted by atomic mass is 16.5. The lowest BCUT2D eigenvalue weighted by Crippen LogP contribution is -2.28. The molecule has 3 N–H and O–H groups in total. The Balaban J connectivity index is 2.04. The van der Waals surface area contributed by atoms with E-state index >= 15 is 0 Å². The van der Waals surface area contributed by atoms with Crippen LogP contribution in [0, 0.1) is 0 Å². The Bertz CT molecular complexity index is 397. The van der Waals surface area contributed by atoms with Gasteiger partial charge in [0.2, 0.25) is 0 Å². The Morgan fingerprint density at radius 1 is 1.28 bits per heavy atom. The molecule has 0 aromatic heterocycles. The average molecular weight is 246 g/mol. The largest absolute Gasteiger partial charge is 0.497 e. The Morgan fingerprint density at radius 2 is 2.06 bits per heavy atom. The average Bonchev–Trinajstić information content (AvgIpc) is 2.46. The van der Waals surface area contributed by atoms with Gasteiger partial charge < -0.3 is 4.74 Å². The molecule has 0 amide bonds. The predicted octanol–water partition coefficient (Wildman–Crippen LogP) is 3.09. The van der Waals surface area contributed by atoms with Crippen LogP contribution in [0.25, 0.3) is 0 Å². The van der Waals surface area contributed by atoms with Gasteiger partial charge in [-0.3, -0.25) is 11.3 Å². The van der Waals surface area contributed by atoms with Gasteiger partial charge in [-0.15, -0.1) is 0 Å². The lowest BCUT2D eigenvalue weighted by molar-refractivity contribution is 0.414. The molecule has 0 spiro atoms. The van der Waals surface area contributed by atoms with E-state index in [2.05, 4.69) is 23.6 Å². The molecule has 1 aliphatic carbocycles. The molecule has 2 rings (SSSR count). The van der Waals surface area contributed by atoms with Crippen LogP contribution in [0.1, 0.15) is 43.7 Å². The van der Waals surface area contributed by atoms with Crippen molar-refractivity contribution in [3.8, 4) is 5.75 Å².